The number of phenolic OH excluding ortho intramolecular Hbond substituents is 1. The average molecular weight is 480 g/mol. The molecule has 3 atom stereocenters. The summed E-state index contributed by atoms with van der Waals surface area (Å²) in [5.74, 6) is 1.84. The van der Waals surface area contributed by atoms with Crippen LogP contribution in [0.2, 0.25) is 19.6 Å². The van der Waals surface area contributed by atoms with Gasteiger partial charge in [-0.05, 0) is 35.9 Å². The molecule has 0 spiro atoms. The van der Waals surface area contributed by atoms with Crippen molar-refractivity contribution in [3.63, 3.8) is 0 Å². The van der Waals surface area contributed by atoms with Crippen molar-refractivity contribution in [2.75, 3.05) is 0 Å². The van der Waals surface area contributed by atoms with Gasteiger partial charge in [0.2, 0.25) is 0 Å². The van der Waals surface area contributed by atoms with E-state index in [1.807, 2.05) is 6.21 Å². The number of nitrogens with zero attached hydrogens (tertiary/aromatic N) is 1. The van der Waals surface area contributed by atoms with Gasteiger partial charge < -0.3 is 5.11 Å². The van der Waals surface area contributed by atoms with Gasteiger partial charge in [-0.25, -0.2) is 0 Å². The molecule has 1 aromatic rings. The summed E-state index contributed by atoms with van der Waals surface area (Å²) in [5, 5.41) is 11.8. The number of benzene rings is 1. The zero-order chi connectivity index (χ0) is 19.2. The van der Waals surface area contributed by atoms with Gasteiger partial charge in [0.15, 0.2) is 0 Å². The van der Waals surface area contributed by atoms with E-state index < -0.39 is 28.9 Å². The first kappa shape index (κ1) is 23.4. The molecular formula is C19H31Cl2NOSiZr. The standard InChI is InChI=1S/C19H31NOSi.2ClH.Zr/c1-13-8-7-9-17(15(13)3)20-12-16-14(2)10-11-18(19(16)21)22(4,5)6;;;/h10-13,15,17,21H,7-9H2,1-6H3;2*1H;/q;;;+2/p-2. The summed E-state index contributed by atoms with van der Waals surface area (Å²) in [6.45, 7) is 13.5. The average Bonchev–Trinajstić information content (AvgIpc) is 2.50. The minimum absolute atomic E-state index is 0.401. The molecular weight excluding hydrogens is 448 g/mol. The number of aromatic hydroxyl groups is 1. The predicted octanol–water partition coefficient (Wildman–Crippen LogP) is 5.87. The molecule has 0 bridgehead atoms. The molecule has 1 N–H and O–H groups in total. The molecule has 1 aliphatic carbocycles. The second kappa shape index (κ2) is 10.6. The van der Waals surface area contributed by atoms with Gasteiger partial charge >= 0.3 is 37.9 Å². The Bertz CT molecular complexity index is 590. The fraction of sp³-hybridized carbons (Fsp3) is 0.632. The molecule has 140 valence electrons. The van der Waals surface area contributed by atoms with Gasteiger partial charge in [-0.1, -0.05) is 58.5 Å². The van der Waals surface area contributed by atoms with Gasteiger partial charge in [0.1, 0.15) is 5.75 Å². The molecule has 6 heteroatoms. The van der Waals surface area contributed by atoms with Gasteiger partial charge in [-0.3, -0.25) is 4.99 Å². The Morgan fingerprint density at radius 3 is 2.36 bits per heavy atom. The first-order valence-electron chi connectivity index (χ1n) is 8.96. The Kier molecular flexibility index (Phi) is 9.96. The molecule has 2 nitrogen and oxygen atoms in total. The quantitative estimate of drug-likeness (QED) is 0.427. The molecule has 0 amide bonds. The normalized spacial score (nSPS) is 23.9. The number of rotatable bonds is 3. The van der Waals surface area contributed by atoms with Crippen molar-refractivity contribution in [2.45, 2.75) is 65.7 Å². The summed E-state index contributed by atoms with van der Waals surface area (Å²) in [4.78, 5) is 4.86. The molecule has 1 aliphatic rings. The molecule has 0 heterocycles. The number of hydrogen-bond donors (Lipinski definition) is 1. The summed E-state index contributed by atoms with van der Waals surface area (Å²) in [5.41, 5.74) is 2.03. The molecule has 0 radical (unpaired) electrons. The van der Waals surface area contributed by atoms with Crippen LogP contribution in [0.1, 0.15) is 44.2 Å². The fourth-order valence-electron chi connectivity index (χ4n) is 3.41. The zero-order valence-corrected chi connectivity index (χ0v) is 21.2. The molecule has 0 aliphatic heterocycles. The zero-order valence-electron chi connectivity index (χ0n) is 16.2. The SMILES string of the molecule is Cc1ccc([Si](C)(C)C)c(O)c1C=NC1CCCC(C)C1C.[Cl][Zr][Cl]. The summed E-state index contributed by atoms with van der Waals surface area (Å²) >= 11 is -0.826. The molecule has 1 fully saturated rings. The number of phenols is 1. The number of hydrogen-bond acceptors (Lipinski definition) is 2. The number of aryl methyl sites for hydroxylation is 1. The number of aliphatic imine (C=N–C) groups is 1. The maximum absolute atomic E-state index is 10.7. The maximum atomic E-state index is 10.7. The van der Waals surface area contributed by atoms with Gasteiger partial charge in [-0.2, -0.15) is 0 Å². The van der Waals surface area contributed by atoms with Crippen LogP contribution in [0.15, 0.2) is 17.1 Å². The van der Waals surface area contributed by atoms with E-state index in [0.717, 1.165) is 22.2 Å². The van der Waals surface area contributed by atoms with Crippen molar-refractivity contribution >= 4 is 36.5 Å². The predicted molar refractivity (Wildman–Crippen MR) is 111 cm³/mol. The fourth-order valence-corrected chi connectivity index (χ4v) is 4.84. The third-order valence-electron chi connectivity index (χ3n) is 5.30. The van der Waals surface area contributed by atoms with Crippen molar-refractivity contribution in [2.24, 2.45) is 16.8 Å². The molecule has 0 saturated heterocycles. The Morgan fingerprint density at radius 1 is 1.20 bits per heavy atom. The Labute approximate surface area is 173 Å². The van der Waals surface area contributed by atoms with Crippen LogP contribution in [-0.4, -0.2) is 25.4 Å². The van der Waals surface area contributed by atoms with Crippen LogP contribution in [0.3, 0.4) is 0 Å². The van der Waals surface area contributed by atoms with Crippen molar-refractivity contribution < 1.29 is 26.0 Å². The van der Waals surface area contributed by atoms with E-state index in [1.54, 1.807) is 0 Å². The van der Waals surface area contributed by atoms with E-state index in [4.69, 9.17) is 22.0 Å². The van der Waals surface area contributed by atoms with Crippen molar-refractivity contribution in [1.82, 2.24) is 0 Å². The second-order valence-electron chi connectivity index (χ2n) is 8.13. The molecule has 25 heavy (non-hydrogen) atoms. The van der Waals surface area contributed by atoms with Crippen molar-refractivity contribution in [3.05, 3.63) is 23.3 Å². The van der Waals surface area contributed by atoms with Crippen LogP contribution < -0.4 is 5.19 Å². The topological polar surface area (TPSA) is 32.6 Å². The molecule has 1 aromatic carbocycles. The van der Waals surface area contributed by atoms with Gasteiger partial charge in [0.05, 0.1) is 14.1 Å². The van der Waals surface area contributed by atoms with E-state index in [2.05, 4.69) is 52.5 Å². The first-order chi connectivity index (χ1) is 11.6. The number of halogens is 2. The van der Waals surface area contributed by atoms with Crippen molar-refractivity contribution in [3.8, 4) is 5.75 Å². The van der Waals surface area contributed by atoms with Crippen LogP contribution in [0.5, 0.6) is 5.75 Å². The van der Waals surface area contributed by atoms with Gasteiger partial charge in [0, 0.05) is 11.8 Å². The van der Waals surface area contributed by atoms with E-state index in [9.17, 15) is 5.11 Å². The molecule has 0 aromatic heterocycles. The van der Waals surface area contributed by atoms with Crippen LogP contribution >= 0.6 is 17.0 Å². The summed E-state index contributed by atoms with van der Waals surface area (Å²) < 4.78 is 0. The summed E-state index contributed by atoms with van der Waals surface area (Å²) in [7, 11) is 8.33. The molecule has 3 unspecified atom stereocenters. The Hall–Kier alpha value is 0.370. The van der Waals surface area contributed by atoms with E-state index in [0.29, 0.717) is 17.7 Å². The third kappa shape index (κ3) is 6.79. The summed E-state index contributed by atoms with van der Waals surface area (Å²) in [6.07, 6.45) is 5.71. The van der Waals surface area contributed by atoms with E-state index in [-0.39, 0.29) is 0 Å². The van der Waals surface area contributed by atoms with Crippen LogP contribution in [0.4, 0.5) is 0 Å². The van der Waals surface area contributed by atoms with Crippen LogP contribution in [-0.2, 0) is 20.8 Å². The van der Waals surface area contributed by atoms with Crippen LogP contribution in [0, 0.1) is 18.8 Å². The Morgan fingerprint density at radius 2 is 1.80 bits per heavy atom. The Balaban J connectivity index is 0.000000970. The molecule has 2 rings (SSSR count). The van der Waals surface area contributed by atoms with Gasteiger partial charge in [0.25, 0.3) is 0 Å². The minimum atomic E-state index is -1.54. The summed E-state index contributed by atoms with van der Waals surface area (Å²) in [6, 6.07) is 4.62. The van der Waals surface area contributed by atoms with Crippen LogP contribution in [0.25, 0.3) is 0 Å². The third-order valence-corrected chi connectivity index (χ3v) is 7.32. The van der Waals surface area contributed by atoms with E-state index >= 15 is 0 Å². The van der Waals surface area contributed by atoms with Crippen molar-refractivity contribution in [1.29, 1.82) is 0 Å². The van der Waals surface area contributed by atoms with Gasteiger partial charge in [-0.15, -0.1) is 0 Å². The second-order valence-corrected chi connectivity index (χ2v) is 16.9. The van der Waals surface area contributed by atoms with E-state index in [1.165, 1.54) is 19.3 Å². The molecule has 1 saturated carbocycles. The first-order valence-corrected chi connectivity index (χ1v) is 18.8. The monoisotopic (exact) mass is 477 g/mol.